The molecule has 0 aromatic rings. The third-order valence-corrected chi connectivity index (χ3v) is 2.77. The molecular weight excluding hydrogens is 218 g/mol. The summed E-state index contributed by atoms with van der Waals surface area (Å²) in [5, 5.41) is 2.61. The van der Waals surface area contributed by atoms with E-state index in [9.17, 15) is 9.59 Å². The summed E-state index contributed by atoms with van der Waals surface area (Å²) in [6.07, 6.45) is 6.56. The van der Waals surface area contributed by atoms with Gasteiger partial charge in [0.2, 0.25) is 5.91 Å². The van der Waals surface area contributed by atoms with E-state index in [1.54, 1.807) is 0 Å². The van der Waals surface area contributed by atoms with Gasteiger partial charge in [0.1, 0.15) is 6.04 Å². The Morgan fingerprint density at radius 2 is 2.12 bits per heavy atom. The van der Waals surface area contributed by atoms with Crippen LogP contribution in [0.5, 0.6) is 0 Å². The molecule has 1 N–H and O–H groups in total. The molecule has 0 heterocycles. The molecule has 1 atom stereocenters. The molecule has 1 aliphatic carbocycles. The van der Waals surface area contributed by atoms with Crippen molar-refractivity contribution in [2.45, 2.75) is 39.2 Å². The van der Waals surface area contributed by atoms with Gasteiger partial charge in [0.25, 0.3) is 0 Å². The summed E-state index contributed by atoms with van der Waals surface area (Å²) in [7, 11) is 1.33. The molecule has 0 aromatic heterocycles. The molecule has 0 aliphatic heterocycles. The summed E-state index contributed by atoms with van der Waals surface area (Å²) in [6.45, 7) is 3.48. The lowest BCUT2D eigenvalue weighted by molar-refractivity contribution is -0.144. The van der Waals surface area contributed by atoms with Gasteiger partial charge in [-0.15, -0.1) is 0 Å². The second-order valence-electron chi connectivity index (χ2n) is 4.32. The highest BCUT2D eigenvalue weighted by atomic mass is 16.5. The highest BCUT2D eigenvalue weighted by Gasteiger charge is 2.21. The molecule has 1 aliphatic rings. The van der Waals surface area contributed by atoms with Gasteiger partial charge >= 0.3 is 5.97 Å². The number of hydrogen-bond donors (Lipinski definition) is 1. The van der Waals surface area contributed by atoms with Gasteiger partial charge < -0.3 is 10.1 Å². The van der Waals surface area contributed by atoms with Crippen LogP contribution in [0.1, 0.15) is 33.1 Å². The number of allylic oxidation sites excluding steroid dienone is 3. The van der Waals surface area contributed by atoms with Gasteiger partial charge in [-0.25, -0.2) is 4.79 Å². The fraction of sp³-hybridized carbons (Fsp3) is 0.538. The monoisotopic (exact) mass is 237 g/mol. The Labute approximate surface area is 102 Å². The van der Waals surface area contributed by atoms with E-state index in [2.05, 4.69) is 23.1 Å². The first kappa shape index (κ1) is 13.5. The maximum Gasteiger partial charge on any atom is 0.328 e. The highest BCUT2D eigenvalue weighted by Crippen LogP contribution is 2.21. The molecule has 0 radical (unpaired) electrons. The Hall–Kier alpha value is -1.58. The van der Waals surface area contributed by atoms with Crippen LogP contribution in [-0.4, -0.2) is 25.0 Å². The summed E-state index contributed by atoms with van der Waals surface area (Å²) >= 11 is 0. The van der Waals surface area contributed by atoms with Gasteiger partial charge in [0.15, 0.2) is 0 Å². The summed E-state index contributed by atoms with van der Waals surface area (Å²) in [4.78, 5) is 22.5. The lowest BCUT2D eigenvalue weighted by Crippen LogP contribution is -2.40. The van der Waals surface area contributed by atoms with E-state index in [4.69, 9.17) is 0 Å². The molecule has 1 amide bonds. The third-order valence-electron chi connectivity index (χ3n) is 2.77. The number of rotatable bonds is 4. The van der Waals surface area contributed by atoms with Crippen molar-refractivity contribution in [1.29, 1.82) is 0 Å². The summed E-state index contributed by atoms with van der Waals surface area (Å²) in [5.74, 6) is -0.615. The Balaban J connectivity index is 2.66. The van der Waals surface area contributed by atoms with Crippen LogP contribution in [0.15, 0.2) is 23.3 Å². The summed E-state index contributed by atoms with van der Waals surface area (Å²) in [5.41, 5.74) is 2.50. The zero-order chi connectivity index (χ0) is 12.8. The van der Waals surface area contributed by atoms with Crippen LogP contribution in [0.4, 0.5) is 0 Å². The zero-order valence-corrected chi connectivity index (χ0v) is 10.6. The van der Waals surface area contributed by atoms with Crippen LogP contribution in [0, 0.1) is 0 Å². The van der Waals surface area contributed by atoms with Crippen molar-refractivity contribution in [2.75, 3.05) is 7.11 Å². The number of esters is 1. The largest absolute Gasteiger partial charge is 0.467 e. The molecule has 0 saturated carbocycles. The Bertz CT molecular complexity index is 369. The van der Waals surface area contributed by atoms with Gasteiger partial charge in [-0.1, -0.05) is 23.3 Å². The Kier molecular flexibility index (Phi) is 4.94. The van der Waals surface area contributed by atoms with Crippen molar-refractivity contribution in [2.24, 2.45) is 0 Å². The van der Waals surface area contributed by atoms with Gasteiger partial charge in [0, 0.05) is 6.92 Å². The van der Waals surface area contributed by atoms with E-state index in [0.29, 0.717) is 6.42 Å². The van der Waals surface area contributed by atoms with Crippen LogP contribution in [0.25, 0.3) is 0 Å². The number of methoxy groups -OCH3 is 1. The quantitative estimate of drug-likeness (QED) is 0.757. The van der Waals surface area contributed by atoms with Crippen molar-refractivity contribution >= 4 is 11.9 Å². The van der Waals surface area contributed by atoms with Crippen LogP contribution >= 0.6 is 0 Å². The lowest BCUT2D eigenvalue weighted by Gasteiger charge is -2.19. The van der Waals surface area contributed by atoms with Crippen molar-refractivity contribution < 1.29 is 14.3 Å². The van der Waals surface area contributed by atoms with Gasteiger partial charge in [-0.3, -0.25) is 4.79 Å². The average Bonchev–Trinajstić information content (AvgIpc) is 2.29. The van der Waals surface area contributed by atoms with E-state index in [0.717, 1.165) is 12.8 Å². The molecule has 1 unspecified atom stereocenters. The van der Waals surface area contributed by atoms with Crippen LogP contribution < -0.4 is 5.32 Å². The molecule has 17 heavy (non-hydrogen) atoms. The minimum atomic E-state index is -0.574. The number of amides is 1. The van der Waals surface area contributed by atoms with Crippen molar-refractivity contribution in [3.63, 3.8) is 0 Å². The second-order valence-corrected chi connectivity index (χ2v) is 4.32. The molecule has 0 fully saturated rings. The SMILES string of the molecule is COC(=O)C(CC1=CC=C(C)CC1)NC(C)=O. The third kappa shape index (κ3) is 4.43. The fourth-order valence-electron chi connectivity index (χ4n) is 1.80. The zero-order valence-electron chi connectivity index (χ0n) is 10.6. The van der Waals surface area contributed by atoms with E-state index < -0.39 is 12.0 Å². The Morgan fingerprint density at radius 1 is 1.41 bits per heavy atom. The Morgan fingerprint density at radius 3 is 2.59 bits per heavy atom. The first-order chi connectivity index (χ1) is 8.02. The minimum Gasteiger partial charge on any atom is -0.467 e. The van der Waals surface area contributed by atoms with Gasteiger partial charge in [0.05, 0.1) is 7.11 Å². The predicted molar refractivity (Wildman–Crippen MR) is 65.3 cm³/mol. The maximum atomic E-state index is 11.5. The minimum absolute atomic E-state index is 0.219. The molecule has 94 valence electrons. The molecule has 0 bridgehead atoms. The molecule has 0 aromatic carbocycles. The molecule has 4 heteroatoms. The number of hydrogen-bond acceptors (Lipinski definition) is 3. The normalized spacial score (nSPS) is 16.6. The summed E-state index contributed by atoms with van der Waals surface area (Å²) < 4.78 is 4.68. The van der Waals surface area contributed by atoms with E-state index in [1.165, 1.54) is 25.2 Å². The number of carbonyl (C=O) groups excluding carboxylic acids is 2. The van der Waals surface area contributed by atoms with Crippen molar-refractivity contribution in [3.05, 3.63) is 23.3 Å². The topological polar surface area (TPSA) is 55.4 Å². The standard InChI is InChI=1S/C13H19NO3/c1-9-4-6-11(7-5-9)8-12(13(16)17-3)14-10(2)15/h4,6,12H,5,7-8H2,1-3H3,(H,14,15). The maximum absolute atomic E-state index is 11.5. The smallest absolute Gasteiger partial charge is 0.328 e. The second kappa shape index (κ2) is 6.23. The fourth-order valence-corrected chi connectivity index (χ4v) is 1.80. The van der Waals surface area contributed by atoms with Gasteiger partial charge in [-0.05, 0) is 26.2 Å². The van der Waals surface area contributed by atoms with E-state index in [1.807, 2.05) is 6.08 Å². The first-order valence-corrected chi connectivity index (χ1v) is 5.73. The van der Waals surface area contributed by atoms with E-state index in [-0.39, 0.29) is 5.91 Å². The molecule has 4 nitrogen and oxygen atoms in total. The number of ether oxygens (including phenoxy) is 1. The van der Waals surface area contributed by atoms with Crippen LogP contribution in [0.2, 0.25) is 0 Å². The predicted octanol–water partition coefficient (Wildman–Crippen LogP) is 1.72. The van der Waals surface area contributed by atoms with Crippen molar-refractivity contribution in [3.8, 4) is 0 Å². The highest BCUT2D eigenvalue weighted by molar-refractivity contribution is 5.83. The lowest BCUT2D eigenvalue weighted by atomic mass is 9.94. The van der Waals surface area contributed by atoms with Crippen LogP contribution in [0.3, 0.4) is 0 Å². The van der Waals surface area contributed by atoms with Crippen LogP contribution in [-0.2, 0) is 14.3 Å². The molecule has 0 saturated heterocycles. The molecule has 0 spiro atoms. The van der Waals surface area contributed by atoms with Gasteiger partial charge in [-0.2, -0.15) is 0 Å². The molecular formula is C13H19NO3. The summed E-state index contributed by atoms with van der Waals surface area (Å²) in [6, 6.07) is -0.574. The first-order valence-electron chi connectivity index (χ1n) is 5.73. The molecule has 1 rings (SSSR count). The van der Waals surface area contributed by atoms with Crippen molar-refractivity contribution in [1.82, 2.24) is 5.32 Å². The van der Waals surface area contributed by atoms with E-state index >= 15 is 0 Å². The number of nitrogens with one attached hydrogen (secondary N) is 1. The average molecular weight is 237 g/mol. The number of carbonyl (C=O) groups is 2.